The summed E-state index contributed by atoms with van der Waals surface area (Å²) in [7, 11) is 0. The standard InChI is InChI=1S/C11H19NO/c13-11-7-10(8-11)9-12-5-3-1-2-4-6-12/h10H,1-9H2. The number of nitrogens with zero attached hydrogens (tertiary/aromatic N) is 1. The lowest BCUT2D eigenvalue weighted by Crippen LogP contribution is -2.36. The number of carbonyl (C=O) groups is 1. The third-order valence-electron chi connectivity index (χ3n) is 3.25. The molecule has 1 heterocycles. The highest BCUT2D eigenvalue weighted by Crippen LogP contribution is 2.24. The maximum atomic E-state index is 10.8. The number of ketones is 1. The van der Waals surface area contributed by atoms with E-state index < -0.39 is 0 Å². The predicted octanol–water partition coefficient (Wildman–Crippen LogP) is 1.84. The molecule has 0 atom stereocenters. The highest BCUT2D eigenvalue weighted by molar-refractivity contribution is 5.84. The molecule has 13 heavy (non-hydrogen) atoms. The van der Waals surface area contributed by atoms with Crippen molar-refractivity contribution in [1.82, 2.24) is 4.90 Å². The summed E-state index contributed by atoms with van der Waals surface area (Å²) in [5.74, 6) is 1.17. The van der Waals surface area contributed by atoms with E-state index in [-0.39, 0.29) is 0 Å². The van der Waals surface area contributed by atoms with Crippen LogP contribution in [-0.4, -0.2) is 30.3 Å². The zero-order valence-electron chi connectivity index (χ0n) is 8.30. The Bertz CT molecular complexity index is 175. The van der Waals surface area contributed by atoms with Crippen LogP contribution in [0.15, 0.2) is 0 Å². The summed E-state index contributed by atoms with van der Waals surface area (Å²) in [6.45, 7) is 3.72. The fourth-order valence-electron chi connectivity index (χ4n) is 2.40. The summed E-state index contributed by atoms with van der Waals surface area (Å²) in [6, 6.07) is 0. The largest absolute Gasteiger partial charge is 0.303 e. The van der Waals surface area contributed by atoms with Gasteiger partial charge in [-0.2, -0.15) is 0 Å². The van der Waals surface area contributed by atoms with Gasteiger partial charge >= 0.3 is 0 Å². The molecule has 2 fully saturated rings. The zero-order chi connectivity index (χ0) is 9.10. The van der Waals surface area contributed by atoms with E-state index in [9.17, 15) is 4.79 Å². The van der Waals surface area contributed by atoms with E-state index in [1.807, 2.05) is 0 Å². The van der Waals surface area contributed by atoms with E-state index in [0.29, 0.717) is 11.7 Å². The van der Waals surface area contributed by atoms with Gasteiger partial charge in [0.2, 0.25) is 0 Å². The minimum atomic E-state index is 0.472. The van der Waals surface area contributed by atoms with E-state index >= 15 is 0 Å². The molecule has 1 saturated heterocycles. The second kappa shape index (κ2) is 4.23. The number of hydrogen-bond acceptors (Lipinski definition) is 2. The summed E-state index contributed by atoms with van der Waals surface area (Å²) in [6.07, 6.45) is 7.24. The highest BCUT2D eigenvalue weighted by Gasteiger charge is 2.28. The number of carbonyl (C=O) groups excluding carboxylic acids is 1. The Morgan fingerprint density at radius 1 is 1.08 bits per heavy atom. The first-order chi connectivity index (χ1) is 6.34. The van der Waals surface area contributed by atoms with Gasteiger partial charge in [0.15, 0.2) is 0 Å². The predicted molar refractivity (Wildman–Crippen MR) is 52.6 cm³/mol. The molecule has 0 radical (unpaired) electrons. The molecular weight excluding hydrogens is 162 g/mol. The van der Waals surface area contributed by atoms with Crippen molar-refractivity contribution in [2.45, 2.75) is 38.5 Å². The normalized spacial score (nSPS) is 26.9. The first-order valence-corrected chi connectivity index (χ1v) is 5.58. The molecule has 74 valence electrons. The van der Waals surface area contributed by atoms with E-state index in [1.54, 1.807) is 0 Å². The monoisotopic (exact) mass is 181 g/mol. The summed E-state index contributed by atoms with van der Waals surface area (Å²) in [5, 5.41) is 0. The van der Waals surface area contributed by atoms with Crippen LogP contribution in [0.2, 0.25) is 0 Å². The Morgan fingerprint density at radius 3 is 2.23 bits per heavy atom. The first kappa shape index (κ1) is 9.20. The lowest BCUT2D eigenvalue weighted by molar-refractivity contribution is -0.127. The van der Waals surface area contributed by atoms with Crippen molar-refractivity contribution in [2.24, 2.45) is 5.92 Å². The lowest BCUT2D eigenvalue weighted by Gasteiger charge is -2.30. The molecular formula is C11H19NO. The second-order valence-corrected chi connectivity index (χ2v) is 4.53. The topological polar surface area (TPSA) is 20.3 Å². The quantitative estimate of drug-likeness (QED) is 0.648. The molecule has 2 heteroatoms. The molecule has 2 nitrogen and oxygen atoms in total. The van der Waals surface area contributed by atoms with E-state index in [1.165, 1.54) is 45.3 Å². The fourth-order valence-corrected chi connectivity index (χ4v) is 2.40. The molecule has 1 aliphatic carbocycles. The van der Waals surface area contributed by atoms with Gasteiger partial charge in [0, 0.05) is 19.4 Å². The minimum Gasteiger partial charge on any atom is -0.303 e. The van der Waals surface area contributed by atoms with Crippen LogP contribution in [0.3, 0.4) is 0 Å². The van der Waals surface area contributed by atoms with Crippen LogP contribution in [-0.2, 0) is 4.79 Å². The molecule has 2 rings (SSSR count). The molecule has 0 unspecified atom stereocenters. The van der Waals surface area contributed by atoms with Crippen LogP contribution in [0.25, 0.3) is 0 Å². The van der Waals surface area contributed by atoms with Crippen LogP contribution >= 0.6 is 0 Å². The summed E-state index contributed by atoms with van der Waals surface area (Å²) in [5.41, 5.74) is 0. The maximum absolute atomic E-state index is 10.8. The van der Waals surface area contributed by atoms with Crippen molar-refractivity contribution < 1.29 is 4.79 Å². The van der Waals surface area contributed by atoms with Crippen molar-refractivity contribution in [3.63, 3.8) is 0 Å². The highest BCUT2D eigenvalue weighted by atomic mass is 16.1. The third-order valence-corrected chi connectivity index (χ3v) is 3.25. The molecule has 0 aromatic carbocycles. The Hall–Kier alpha value is -0.370. The van der Waals surface area contributed by atoms with Gasteiger partial charge in [-0.05, 0) is 31.8 Å². The van der Waals surface area contributed by atoms with E-state index in [0.717, 1.165) is 12.8 Å². The molecule has 0 amide bonds. The van der Waals surface area contributed by atoms with Crippen LogP contribution in [0.1, 0.15) is 38.5 Å². The van der Waals surface area contributed by atoms with Crippen molar-refractivity contribution in [2.75, 3.05) is 19.6 Å². The van der Waals surface area contributed by atoms with Gasteiger partial charge in [-0.1, -0.05) is 12.8 Å². The van der Waals surface area contributed by atoms with Crippen molar-refractivity contribution in [3.05, 3.63) is 0 Å². The molecule has 0 spiro atoms. The van der Waals surface area contributed by atoms with Gasteiger partial charge in [-0.3, -0.25) is 4.79 Å². The van der Waals surface area contributed by atoms with Gasteiger partial charge in [0.1, 0.15) is 5.78 Å². The summed E-state index contributed by atoms with van der Waals surface area (Å²) >= 11 is 0. The maximum Gasteiger partial charge on any atom is 0.133 e. The fraction of sp³-hybridized carbons (Fsp3) is 0.909. The van der Waals surface area contributed by atoms with E-state index in [4.69, 9.17) is 0 Å². The van der Waals surface area contributed by atoms with Gasteiger partial charge in [0.05, 0.1) is 0 Å². The zero-order valence-corrected chi connectivity index (χ0v) is 8.30. The average molecular weight is 181 g/mol. The third kappa shape index (κ3) is 2.53. The Kier molecular flexibility index (Phi) is 2.99. The number of Topliss-reactive ketones (excluding diaryl/α,β-unsaturated/α-hetero) is 1. The van der Waals surface area contributed by atoms with Crippen LogP contribution < -0.4 is 0 Å². The molecule has 1 aliphatic heterocycles. The van der Waals surface area contributed by atoms with Gasteiger partial charge in [0.25, 0.3) is 0 Å². The van der Waals surface area contributed by atoms with Crippen LogP contribution in [0.5, 0.6) is 0 Å². The second-order valence-electron chi connectivity index (χ2n) is 4.53. The Balaban J connectivity index is 1.70. The SMILES string of the molecule is O=C1CC(CN2CCCCCC2)C1. The van der Waals surface area contributed by atoms with Crippen LogP contribution in [0, 0.1) is 5.92 Å². The summed E-state index contributed by atoms with van der Waals surface area (Å²) in [4.78, 5) is 13.4. The molecule has 0 bridgehead atoms. The molecule has 1 saturated carbocycles. The van der Waals surface area contributed by atoms with Gasteiger partial charge in [-0.25, -0.2) is 0 Å². The smallest absolute Gasteiger partial charge is 0.133 e. The first-order valence-electron chi connectivity index (χ1n) is 5.58. The molecule has 0 N–H and O–H groups in total. The Labute approximate surface area is 80.3 Å². The molecule has 0 aromatic rings. The number of likely N-dealkylation sites (tertiary alicyclic amines) is 1. The lowest BCUT2D eigenvalue weighted by atomic mass is 9.83. The number of rotatable bonds is 2. The Morgan fingerprint density at radius 2 is 1.69 bits per heavy atom. The number of hydrogen-bond donors (Lipinski definition) is 0. The molecule has 2 aliphatic rings. The van der Waals surface area contributed by atoms with Gasteiger partial charge < -0.3 is 4.90 Å². The minimum absolute atomic E-state index is 0.472. The van der Waals surface area contributed by atoms with Crippen molar-refractivity contribution >= 4 is 5.78 Å². The summed E-state index contributed by atoms with van der Waals surface area (Å²) < 4.78 is 0. The van der Waals surface area contributed by atoms with Crippen molar-refractivity contribution in [3.8, 4) is 0 Å². The van der Waals surface area contributed by atoms with Crippen LogP contribution in [0.4, 0.5) is 0 Å². The van der Waals surface area contributed by atoms with Crippen molar-refractivity contribution in [1.29, 1.82) is 0 Å². The van der Waals surface area contributed by atoms with Gasteiger partial charge in [-0.15, -0.1) is 0 Å². The average Bonchev–Trinajstić information content (AvgIpc) is 2.30. The van der Waals surface area contributed by atoms with E-state index in [2.05, 4.69) is 4.90 Å². The molecule has 0 aromatic heterocycles.